The molecule has 0 radical (unpaired) electrons. The molecular formula is C23H24FN3O4. The van der Waals surface area contributed by atoms with Gasteiger partial charge in [-0.2, -0.15) is 5.10 Å². The van der Waals surface area contributed by atoms with Crippen LogP contribution in [0.1, 0.15) is 28.0 Å². The number of halogens is 1. The van der Waals surface area contributed by atoms with Crippen LogP contribution in [0.2, 0.25) is 0 Å². The second kappa shape index (κ2) is 8.77. The van der Waals surface area contributed by atoms with Gasteiger partial charge in [-0.3, -0.25) is 4.79 Å². The lowest BCUT2D eigenvalue weighted by Crippen LogP contribution is -2.26. The summed E-state index contributed by atoms with van der Waals surface area (Å²) in [6, 6.07) is 10.1. The molecular weight excluding hydrogens is 401 g/mol. The van der Waals surface area contributed by atoms with Crippen LogP contribution in [0.3, 0.4) is 0 Å². The Morgan fingerprint density at radius 3 is 2.61 bits per heavy atom. The molecule has 0 fully saturated rings. The van der Waals surface area contributed by atoms with Crippen molar-refractivity contribution in [1.82, 2.24) is 15.1 Å². The van der Waals surface area contributed by atoms with Crippen LogP contribution >= 0.6 is 0 Å². The van der Waals surface area contributed by atoms with E-state index in [-0.39, 0.29) is 17.3 Å². The Labute approximate surface area is 179 Å². The van der Waals surface area contributed by atoms with Gasteiger partial charge in [-0.15, -0.1) is 0 Å². The predicted molar refractivity (Wildman–Crippen MR) is 114 cm³/mol. The Bertz CT molecular complexity index is 1130. The van der Waals surface area contributed by atoms with Crippen molar-refractivity contribution in [2.45, 2.75) is 12.8 Å². The maximum atomic E-state index is 14.7. The van der Waals surface area contributed by atoms with Gasteiger partial charge in [-0.05, 0) is 36.2 Å². The molecule has 0 spiro atoms. The van der Waals surface area contributed by atoms with Gasteiger partial charge in [0, 0.05) is 37.8 Å². The summed E-state index contributed by atoms with van der Waals surface area (Å²) < 4.78 is 32.1. The number of nitrogens with one attached hydrogen (secondary N) is 1. The van der Waals surface area contributed by atoms with E-state index in [1.165, 1.54) is 10.7 Å². The van der Waals surface area contributed by atoms with Crippen molar-refractivity contribution in [3.05, 3.63) is 59.0 Å². The van der Waals surface area contributed by atoms with Crippen LogP contribution in [-0.4, -0.2) is 50.2 Å². The molecule has 0 saturated heterocycles. The highest BCUT2D eigenvalue weighted by atomic mass is 19.1. The van der Waals surface area contributed by atoms with Crippen molar-refractivity contribution in [2.75, 3.05) is 34.5 Å². The van der Waals surface area contributed by atoms with E-state index in [1.807, 2.05) is 12.1 Å². The Kier molecular flexibility index (Phi) is 5.90. The zero-order valence-electron chi connectivity index (χ0n) is 17.7. The third-order valence-corrected chi connectivity index (χ3v) is 5.32. The van der Waals surface area contributed by atoms with Gasteiger partial charge in [0.05, 0.1) is 19.9 Å². The Balaban J connectivity index is 1.83. The van der Waals surface area contributed by atoms with Crippen molar-refractivity contribution in [2.24, 2.45) is 0 Å². The number of nitrogens with zero attached hydrogens (tertiary/aromatic N) is 2. The maximum Gasteiger partial charge on any atom is 0.272 e. The molecule has 0 atom stereocenters. The highest BCUT2D eigenvalue weighted by Gasteiger charge is 2.32. The molecule has 3 aromatic rings. The first-order chi connectivity index (χ1) is 15.1. The van der Waals surface area contributed by atoms with Crippen LogP contribution < -0.4 is 14.8 Å². The number of carbonyl (C=O) groups excluding carboxylic acids is 1. The molecule has 8 heteroatoms. The van der Waals surface area contributed by atoms with Gasteiger partial charge in [0.1, 0.15) is 11.5 Å². The van der Waals surface area contributed by atoms with Crippen molar-refractivity contribution >= 4 is 5.91 Å². The van der Waals surface area contributed by atoms with Crippen LogP contribution in [-0.2, 0) is 11.2 Å². The molecule has 31 heavy (non-hydrogen) atoms. The zero-order valence-corrected chi connectivity index (χ0v) is 17.7. The third kappa shape index (κ3) is 3.74. The summed E-state index contributed by atoms with van der Waals surface area (Å²) >= 11 is 0. The number of carbonyl (C=O) groups is 1. The Hall–Kier alpha value is -3.39. The molecule has 7 nitrogen and oxygen atoms in total. The number of hydrogen-bond donors (Lipinski definition) is 1. The van der Waals surface area contributed by atoms with E-state index in [1.54, 1.807) is 39.5 Å². The fourth-order valence-electron chi connectivity index (χ4n) is 3.86. The molecule has 0 saturated carbocycles. The summed E-state index contributed by atoms with van der Waals surface area (Å²) in [4.78, 5) is 12.9. The average Bonchev–Trinajstić information content (AvgIpc) is 3.33. The molecule has 1 N–H and O–H groups in total. The number of hydrogen-bond acceptors (Lipinski definition) is 5. The van der Waals surface area contributed by atoms with Gasteiger partial charge in [0.2, 0.25) is 0 Å². The van der Waals surface area contributed by atoms with E-state index in [0.29, 0.717) is 43.2 Å². The first-order valence-corrected chi connectivity index (χ1v) is 9.98. The fraction of sp³-hybridized carbons (Fsp3) is 0.304. The minimum absolute atomic E-state index is 0.278. The molecule has 1 amide bonds. The first kappa shape index (κ1) is 20.9. The highest BCUT2D eigenvalue weighted by Crippen LogP contribution is 2.44. The highest BCUT2D eigenvalue weighted by molar-refractivity contribution is 5.97. The number of methoxy groups -OCH3 is 3. The van der Waals surface area contributed by atoms with Crippen molar-refractivity contribution in [3.8, 4) is 28.4 Å². The largest absolute Gasteiger partial charge is 0.493 e. The van der Waals surface area contributed by atoms with Crippen molar-refractivity contribution in [1.29, 1.82) is 0 Å². The van der Waals surface area contributed by atoms with Crippen LogP contribution in [0.5, 0.6) is 11.5 Å². The predicted octanol–water partition coefficient (Wildman–Crippen LogP) is 3.37. The van der Waals surface area contributed by atoms with Gasteiger partial charge in [0.15, 0.2) is 17.2 Å². The summed E-state index contributed by atoms with van der Waals surface area (Å²) in [6.45, 7) is 1.01. The normalized spacial score (nSPS) is 11.7. The van der Waals surface area contributed by atoms with E-state index in [2.05, 4.69) is 10.4 Å². The van der Waals surface area contributed by atoms with E-state index < -0.39 is 5.82 Å². The van der Waals surface area contributed by atoms with Gasteiger partial charge >= 0.3 is 0 Å². The number of aromatic nitrogens is 2. The summed E-state index contributed by atoms with van der Waals surface area (Å²) in [5.74, 6) is 0.436. The van der Waals surface area contributed by atoms with Crippen LogP contribution in [0.25, 0.3) is 16.9 Å². The zero-order chi connectivity index (χ0) is 22.0. The smallest absolute Gasteiger partial charge is 0.272 e. The maximum absolute atomic E-state index is 14.7. The van der Waals surface area contributed by atoms with E-state index >= 15 is 0 Å². The number of fused-ring (bicyclic) bond motifs is 3. The number of para-hydroxylation sites is 1. The van der Waals surface area contributed by atoms with Crippen LogP contribution in [0.4, 0.5) is 4.39 Å². The molecule has 2 aromatic carbocycles. The summed E-state index contributed by atoms with van der Waals surface area (Å²) in [6.07, 6.45) is 1.17. The Morgan fingerprint density at radius 2 is 1.90 bits per heavy atom. The van der Waals surface area contributed by atoms with E-state index in [4.69, 9.17) is 14.2 Å². The molecule has 0 bridgehead atoms. The molecule has 0 aliphatic heterocycles. The molecule has 162 valence electrons. The fourth-order valence-corrected chi connectivity index (χ4v) is 3.86. The first-order valence-electron chi connectivity index (χ1n) is 9.98. The second-order valence-corrected chi connectivity index (χ2v) is 7.18. The minimum atomic E-state index is -0.422. The lowest BCUT2D eigenvalue weighted by atomic mass is 10.1. The molecule has 4 rings (SSSR count). The van der Waals surface area contributed by atoms with E-state index in [9.17, 15) is 9.18 Å². The van der Waals surface area contributed by atoms with Crippen molar-refractivity contribution in [3.63, 3.8) is 0 Å². The SMILES string of the molecule is COCCCNC(=O)c1nn(-c2ccccc2F)c2c1Cc1cc(OC)c(OC)cc1-2. The molecule has 1 aliphatic carbocycles. The number of rotatable bonds is 8. The standard InChI is InChI=1S/C23H24FN3O4/c1-29-10-6-9-25-23(28)21-16-11-14-12-19(30-2)20(31-3)13-15(14)22(16)27(26-21)18-8-5-4-7-17(18)24/h4-5,7-8,12-13H,6,9-11H2,1-3H3,(H,25,28). The average molecular weight is 425 g/mol. The van der Waals surface area contributed by atoms with Gasteiger partial charge in [-0.25, -0.2) is 9.07 Å². The second-order valence-electron chi connectivity index (χ2n) is 7.18. The van der Waals surface area contributed by atoms with Crippen LogP contribution in [0.15, 0.2) is 36.4 Å². The molecule has 1 heterocycles. The monoisotopic (exact) mass is 425 g/mol. The van der Waals surface area contributed by atoms with Gasteiger partial charge in [0.25, 0.3) is 5.91 Å². The van der Waals surface area contributed by atoms with Gasteiger partial charge < -0.3 is 19.5 Å². The van der Waals surface area contributed by atoms with E-state index in [0.717, 1.165) is 16.7 Å². The van der Waals surface area contributed by atoms with Crippen molar-refractivity contribution < 1.29 is 23.4 Å². The molecule has 0 unspecified atom stereocenters. The molecule has 1 aromatic heterocycles. The van der Waals surface area contributed by atoms with Crippen LogP contribution in [0, 0.1) is 5.82 Å². The quantitative estimate of drug-likeness (QED) is 0.438. The lowest BCUT2D eigenvalue weighted by molar-refractivity contribution is 0.0942. The molecule has 1 aliphatic rings. The topological polar surface area (TPSA) is 74.6 Å². The number of ether oxygens (including phenoxy) is 3. The summed E-state index contributed by atoms with van der Waals surface area (Å²) in [5, 5.41) is 7.40. The summed E-state index contributed by atoms with van der Waals surface area (Å²) in [5.41, 5.74) is 3.79. The number of benzene rings is 2. The van der Waals surface area contributed by atoms with Gasteiger partial charge in [-0.1, -0.05) is 12.1 Å². The number of amides is 1. The third-order valence-electron chi connectivity index (χ3n) is 5.32. The Morgan fingerprint density at radius 1 is 1.16 bits per heavy atom. The minimum Gasteiger partial charge on any atom is -0.493 e. The summed E-state index contributed by atoms with van der Waals surface area (Å²) in [7, 11) is 4.75. The lowest BCUT2D eigenvalue weighted by Gasteiger charge is -2.12.